The van der Waals surface area contributed by atoms with Gasteiger partial charge in [0.15, 0.2) is 0 Å². The smallest absolute Gasteiger partial charge is 0.251 e. The van der Waals surface area contributed by atoms with E-state index in [2.05, 4.69) is 15.8 Å². The lowest BCUT2D eigenvalue weighted by molar-refractivity contribution is -0.113. The molecule has 26 heavy (non-hydrogen) atoms. The maximum absolute atomic E-state index is 12.2. The SMILES string of the molecule is Cc1noc(C)c1CSCC(=O)Nc1cc(C(=O)NC(C)C)ccc1Cl. The van der Waals surface area contributed by atoms with Gasteiger partial charge in [-0.2, -0.15) is 0 Å². The molecule has 0 aliphatic rings. The largest absolute Gasteiger partial charge is 0.361 e. The van der Waals surface area contributed by atoms with E-state index in [0.717, 1.165) is 17.0 Å². The molecule has 0 unspecified atom stereocenters. The van der Waals surface area contributed by atoms with Crippen LogP contribution >= 0.6 is 23.4 Å². The molecular weight excluding hydrogens is 374 g/mol. The molecule has 0 radical (unpaired) electrons. The molecule has 140 valence electrons. The average molecular weight is 396 g/mol. The summed E-state index contributed by atoms with van der Waals surface area (Å²) in [6.07, 6.45) is 0. The third-order valence-electron chi connectivity index (χ3n) is 3.58. The van der Waals surface area contributed by atoms with E-state index in [1.807, 2.05) is 27.7 Å². The zero-order valence-corrected chi connectivity index (χ0v) is 16.8. The Balaban J connectivity index is 1.94. The second-order valence-corrected chi connectivity index (χ2v) is 7.56. The van der Waals surface area contributed by atoms with E-state index in [0.29, 0.717) is 22.0 Å². The minimum Gasteiger partial charge on any atom is -0.361 e. The molecule has 0 aliphatic carbocycles. The maximum Gasteiger partial charge on any atom is 0.251 e. The van der Waals surface area contributed by atoms with Gasteiger partial charge in [0.25, 0.3) is 5.91 Å². The molecule has 6 nitrogen and oxygen atoms in total. The predicted molar refractivity (Wildman–Crippen MR) is 105 cm³/mol. The molecule has 1 heterocycles. The summed E-state index contributed by atoms with van der Waals surface area (Å²) >= 11 is 7.59. The van der Waals surface area contributed by atoms with Gasteiger partial charge in [-0.3, -0.25) is 9.59 Å². The highest BCUT2D eigenvalue weighted by Crippen LogP contribution is 2.24. The van der Waals surface area contributed by atoms with Crippen LogP contribution in [0.4, 0.5) is 5.69 Å². The number of amides is 2. The molecule has 0 fully saturated rings. The Morgan fingerprint density at radius 3 is 2.65 bits per heavy atom. The molecule has 1 aromatic heterocycles. The van der Waals surface area contributed by atoms with Crippen LogP contribution in [0.1, 0.15) is 41.2 Å². The molecule has 0 aliphatic heterocycles. The highest BCUT2D eigenvalue weighted by atomic mass is 35.5. The number of hydrogen-bond acceptors (Lipinski definition) is 5. The van der Waals surface area contributed by atoms with Gasteiger partial charge in [-0.25, -0.2) is 0 Å². The lowest BCUT2D eigenvalue weighted by atomic mass is 10.1. The maximum atomic E-state index is 12.2. The number of thioether (sulfide) groups is 1. The first-order chi connectivity index (χ1) is 12.3. The number of benzene rings is 1. The van der Waals surface area contributed by atoms with Gasteiger partial charge in [-0.15, -0.1) is 11.8 Å². The third-order valence-corrected chi connectivity index (χ3v) is 4.87. The first-order valence-corrected chi connectivity index (χ1v) is 9.71. The van der Waals surface area contributed by atoms with Crippen molar-refractivity contribution in [2.75, 3.05) is 11.1 Å². The Labute approximate surface area is 162 Å². The summed E-state index contributed by atoms with van der Waals surface area (Å²) in [5, 5.41) is 9.84. The van der Waals surface area contributed by atoms with Crippen LogP contribution in [0.25, 0.3) is 0 Å². The van der Waals surface area contributed by atoms with Crippen molar-refractivity contribution in [1.82, 2.24) is 10.5 Å². The van der Waals surface area contributed by atoms with E-state index in [9.17, 15) is 9.59 Å². The van der Waals surface area contributed by atoms with Crippen molar-refractivity contribution in [2.24, 2.45) is 0 Å². The number of aromatic nitrogens is 1. The topological polar surface area (TPSA) is 84.2 Å². The van der Waals surface area contributed by atoms with Gasteiger partial charge in [-0.1, -0.05) is 16.8 Å². The average Bonchev–Trinajstić information content (AvgIpc) is 2.88. The van der Waals surface area contributed by atoms with Crippen molar-refractivity contribution in [3.63, 3.8) is 0 Å². The number of hydrogen-bond donors (Lipinski definition) is 2. The number of carbonyl (C=O) groups excluding carboxylic acids is 2. The number of halogens is 1. The van der Waals surface area contributed by atoms with E-state index in [4.69, 9.17) is 16.1 Å². The Morgan fingerprint density at radius 2 is 2.04 bits per heavy atom. The molecule has 2 amide bonds. The Hall–Kier alpha value is -1.99. The predicted octanol–water partition coefficient (Wildman–Crippen LogP) is 3.95. The van der Waals surface area contributed by atoms with Gasteiger partial charge < -0.3 is 15.2 Å². The second-order valence-electron chi connectivity index (χ2n) is 6.17. The van der Waals surface area contributed by atoms with Crippen molar-refractivity contribution in [3.8, 4) is 0 Å². The number of aryl methyl sites for hydroxylation is 2. The van der Waals surface area contributed by atoms with Gasteiger partial charge in [-0.05, 0) is 45.9 Å². The summed E-state index contributed by atoms with van der Waals surface area (Å²) in [6, 6.07) is 4.83. The first kappa shape index (κ1) is 20.3. The molecular formula is C18H22ClN3O3S. The van der Waals surface area contributed by atoms with E-state index in [1.54, 1.807) is 18.2 Å². The van der Waals surface area contributed by atoms with Crippen LogP contribution in [-0.4, -0.2) is 28.8 Å². The monoisotopic (exact) mass is 395 g/mol. The third kappa shape index (κ3) is 5.51. The van der Waals surface area contributed by atoms with Crippen LogP contribution in [0.5, 0.6) is 0 Å². The Bertz CT molecular complexity index is 785. The van der Waals surface area contributed by atoms with Crippen molar-refractivity contribution >= 4 is 40.9 Å². The van der Waals surface area contributed by atoms with E-state index in [1.165, 1.54) is 11.8 Å². The van der Waals surface area contributed by atoms with Gasteiger partial charge in [0.1, 0.15) is 5.76 Å². The molecule has 1 aromatic carbocycles. The fraction of sp³-hybridized carbons (Fsp3) is 0.389. The lowest BCUT2D eigenvalue weighted by Gasteiger charge is -2.11. The normalized spacial score (nSPS) is 10.8. The zero-order valence-electron chi connectivity index (χ0n) is 15.2. The van der Waals surface area contributed by atoms with E-state index in [-0.39, 0.29) is 23.6 Å². The fourth-order valence-corrected chi connectivity index (χ4v) is 3.39. The second kappa shape index (κ2) is 9.09. The lowest BCUT2D eigenvalue weighted by Crippen LogP contribution is -2.30. The number of anilines is 1. The van der Waals surface area contributed by atoms with Crippen LogP contribution in [0.2, 0.25) is 5.02 Å². The highest BCUT2D eigenvalue weighted by molar-refractivity contribution is 7.99. The molecule has 8 heteroatoms. The van der Waals surface area contributed by atoms with Crippen molar-refractivity contribution < 1.29 is 14.1 Å². The molecule has 0 bridgehead atoms. The van der Waals surface area contributed by atoms with Crippen LogP contribution in [0.3, 0.4) is 0 Å². The zero-order chi connectivity index (χ0) is 19.3. The number of nitrogens with zero attached hydrogens (tertiary/aromatic N) is 1. The van der Waals surface area contributed by atoms with Crippen LogP contribution in [0.15, 0.2) is 22.7 Å². The van der Waals surface area contributed by atoms with Crippen molar-refractivity contribution in [3.05, 3.63) is 45.8 Å². The quantitative estimate of drug-likeness (QED) is 0.741. The van der Waals surface area contributed by atoms with Gasteiger partial charge in [0.05, 0.1) is 22.2 Å². The number of nitrogens with one attached hydrogen (secondary N) is 2. The highest BCUT2D eigenvalue weighted by Gasteiger charge is 2.13. The van der Waals surface area contributed by atoms with Gasteiger partial charge >= 0.3 is 0 Å². The fourth-order valence-electron chi connectivity index (χ4n) is 2.25. The number of rotatable bonds is 7. The van der Waals surface area contributed by atoms with Crippen molar-refractivity contribution in [2.45, 2.75) is 39.5 Å². The van der Waals surface area contributed by atoms with E-state index >= 15 is 0 Å². The summed E-state index contributed by atoms with van der Waals surface area (Å²) in [4.78, 5) is 24.3. The summed E-state index contributed by atoms with van der Waals surface area (Å²) in [5.74, 6) is 1.26. The summed E-state index contributed by atoms with van der Waals surface area (Å²) < 4.78 is 5.11. The molecule has 2 N–H and O–H groups in total. The van der Waals surface area contributed by atoms with Crippen LogP contribution in [-0.2, 0) is 10.5 Å². The first-order valence-electron chi connectivity index (χ1n) is 8.17. The molecule has 0 saturated carbocycles. The molecule has 2 aromatic rings. The molecule has 0 spiro atoms. The molecule has 0 atom stereocenters. The van der Waals surface area contributed by atoms with E-state index < -0.39 is 0 Å². The molecule has 2 rings (SSSR count). The van der Waals surface area contributed by atoms with Crippen LogP contribution < -0.4 is 10.6 Å². The molecule has 0 saturated heterocycles. The van der Waals surface area contributed by atoms with Crippen molar-refractivity contribution in [1.29, 1.82) is 0 Å². The minimum absolute atomic E-state index is 0.0249. The summed E-state index contributed by atoms with van der Waals surface area (Å²) in [7, 11) is 0. The Kier molecular flexibility index (Phi) is 7.11. The van der Waals surface area contributed by atoms with Crippen LogP contribution in [0, 0.1) is 13.8 Å². The summed E-state index contributed by atoms with van der Waals surface area (Å²) in [5.41, 5.74) is 2.71. The van der Waals surface area contributed by atoms with Gasteiger partial charge in [0, 0.05) is 22.9 Å². The Morgan fingerprint density at radius 1 is 1.31 bits per heavy atom. The number of carbonyl (C=O) groups is 2. The minimum atomic E-state index is -0.208. The standard InChI is InChI=1S/C18H22ClN3O3S/c1-10(2)20-18(24)13-5-6-15(19)16(7-13)21-17(23)9-26-8-14-11(3)22-25-12(14)4/h5-7,10H,8-9H2,1-4H3,(H,20,24)(H,21,23). The van der Waals surface area contributed by atoms with Gasteiger partial charge in [0.2, 0.25) is 5.91 Å². The summed E-state index contributed by atoms with van der Waals surface area (Å²) in [6.45, 7) is 7.49.